The standard InChI is InChI=1S/C12H12N4OS2/c1-7-5-13-10(19-7)6-16-11-8(14-12(16)18)3-4-9(15-11)17-2/h3-5H,6H2,1-2H3,(H,14,18). The summed E-state index contributed by atoms with van der Waals surface area (Å²) in [4.78, 5) is 13.1. The minimum Gasteiger partial charge on any atom is -0.481 e. The number of ether oxygens (including phenoxy) is 1. The fourth-order valence-electron chi connectivity index (χ4n) is 1.88. The third-order valence-electron chi connectivity index (χ3n) is 2.76. The first-order chi connectivity index (χ1) is 9.17. The molecule has 3 heterocycles. The zero-order valence-corrected chi connectivity index (χ0v) is 12.1. The molecule has 1 N–H and O–H groups in total. The van der Waals surface area contributed by atoms with Gasteiger partial charge in [0.2, 0.25) is 5.88 Å². The van der Waals surface area contributed by atoms with Crippen molar-refractivity contribution in [2.45, 2.75) is 13.5 Å². The van der Waals surface area contributed by atoms with E-state index in [2.05, 4.69) is 15.0 Å². The van der Waals surface area contributed by atoms with Gasteiger partial charge in [0, 0.05) is 17.1 Å². The molecule has 0 aromatic carbocycles. The molecule has 0 unspecified atom stereocenters. The highest BCUT2D eigenvalue weighted by atomic mass is 32.1. The lowest BCUT2D eigenvalue weighted by Crippen LogP contribution is -2.00. The molecule has 0 radical (unpaired) electrons. The summed E-state index contributed by atoms with van der Waals surface area (Å²) in [5, 5.41) is 1.01. The van der Waals surface area contributed by atoms with E-state index in [0.717, 1.165) is 16.2 Å². The number of H-pyrrole nitrogens is 1. The molecule has 3 aromatic heterocycles. The van der Waals surface area contributed by atoms with Gasteiger partial charge in [-0.15, -0.1) is 11.3 Å². The molecule has 0 atom stereocenters. The van der Waals surface area contributed by atoms with Gasteiger partial charge in [-0.1, -0.05) is 0 Å². The molecule has 0 saturated heterocycles. The first kappa shape index (κ1) is 12.3. The SMILES string of the molecule is COc1ccc2[nH]c(=S)n(Cc3ncc(C)s3)c2n1. The summed E-state index contributed by atoms with van der Waals surface area (Å²) in [6.45, 7) is 2.66. The maximum Gasteiger partial charge on any atom is 0.215 e. The molecular weight excluding hydrogens is 280 g/mol. The van der Waals surface area contributed by atoms with Gasteiger partial charge in [0.05, 0.1) is 19.2 Å². The van der Waals surface area contributed by atoms with Crippen molar-refractivity contribution in [3.05, 3.63) is 33.0 Å². The van der Waals surface area contributed by atoms with Crippen LogP contribution in [0.25, 0.3) is 11.2 Å². The molecule has 98 valence electrons. The van der Waals surface area contributed by atoms with E-state index in [9.17, 15) is 0 Å². The van der Waals surface area contributed by atoms with E-state index in [-0.39, 0.29) is 0 Å². The van der Waals surface area contributed by atoms with Gasteiger partial charge in [-0.25, -0.2) is 4.98 Å². The van der Waals surface area contributed by atoms with E-state index in [0.29, 0.717) is 17.2 Å². The summed E-state index contributed by atoms with van der Waals surface area (Å²) in [5.41, 5.74) is 1.69. The zero-order chi connectivity index (χ0) is 13.4. The fourth-order valence-corrected chi connectivity index (χ4v) is 2.92. The van der Waals surface area contributed by atoms with Crippen LogP contribution in [0, 0.1) is 11.7 Å². The van der Waals surface area contributed by atoms with Crippen molar-refractivity contribution in [2.75, 3.05) is 7.11 Å². The van der Waals surface area contributed by atoms with E-state index < -0.39 is 0 Å². The number of aromatic amines is 1. The van der Waals surface area contributed by atoms with Gasteiger partial charge in [0.1, 0.15) is 5.01 Å². The molecule has 0 saturated carbocycles. The predicted octanol–water partition coefficient (Wildman–Crippen LogP) is 2.92. The maximum absolute atomic E-state index is 5.34. The number of hydrogen-bond acceptors (Lipinski definition) is 5. The van der Waals surface area contributed by atoms with Crippen LogP contribution in [0.2, 0.25) is 0 Å². The van der Waals surface area contributed by atoms with Crippen molar-refractivity contribution < 1.29 is 4.74 Å². The molecule has 5 nitrogen and oxygen atoms in total. The molecule has 0 aliphatic rings. The summed E-state index contributed by atoms with van der Waals surface area (Å²) in [6.07, 6.45) is 1.87. The van der Waals surface area contributed by atoms with Crippen LogP contribution in [-0.4, -0.2) is 26.6 Å². The van der Waals surface area contributed by atoms with Gasteiger partial charge in [-0.3, -0.25) is 4.57 Å². The van der Waals surface area contributed by atoms with Crippen LogP contribution >= 0.6 is 23.6 Å². The number of aromatic nitrogens is 4. The number of pyridine rings is 1. The smallest absolute Gasteiger partial charge is 0.215 e. The Labute approximate surface area is 118 Å². The van der Waals surface area contributed by atoms with Gasteiger partial charge in [-0.2, -0.15) is 4.98 Å². The minimum absolute atomic E-state index is 0.575. The first-order valence-corrected chi connectivity index (χ1v) is 6.94. The Morgan fingerprint density at radius 2 is 2.32 bits per heavy atom. The largest absolute Gasteiger partial charge is 0.481 e. The maximum atomic E-state index is 5.34. The topological polar surface area (TPSA) is 55.7 Å². The number of thiazole rings is 1. The van der Waals surface area contributed by atoms with Crippen LogP contribution in [-0.2, 0) is 6.54 Å². The Bertz CT molecular complexity index is 786. The quantitative estimate of drug-likeness (QED) is 0.754. The average molecular weight is 292 g/mol. The Balaban J connectivity index is 2.11. The molecule has 0 amide bonds. The van der Waals surface area contributed by atoms with E-state index in [4.69, 9.17) is 17.0 Å². The third-order valence-corrected chi connectivity index (χ3v) is 3.98. The lowest BCUT2D eigenvalue weighted by atomic mass is 10.4. The second-order valence-electron chi connectivity index (χ2n) is 4.11. The summed E-state index contributed by atoms with van der Waals surface area (Å²) >= 11 is 7.00. The van der Waals surface area contributed by atoms with E-state index >= 15 is 0 Å². The summed E-state index contributed by atoms with van der Waals surface area (Å²) in [7, 11) is 1.60. The molecule has 0 bridgehead atoms. The second kappa shape index (κ2) is 4.75. The fraction of sp³-hybridized carbons (Fsp3) is 0.250. The van der Waals surface area contributed by atoms with Crippen LogP contribution in [0.4, 0.5) is 0 Å². The summed E-state index contributed by atoms with van der Waals surface area (Å²) in [6, 6.07) is 3.73. The van der Waals surface area contributed by atoms with Crippen molar-refractivity contribution in [2.24, 2.45) is 0 Å². The lowest BCUT2D eigenvalue weighted by Gasteiger charge is -2.02. The third kappa shape index (κ3) is 2.26. The highest BCUT2D eigenvalue weighted by Crippen LogP contribution is 2.19. The van der Waals surface area contributed by atoms with Crippen LogP contribution in [0.1, 0.15) is 9.88 Å². The molecule has 0 aliphatic carbocycles. The molecule has 7 heteroatoms. The number of imidazole rings is 1. The lowest BCUT2D eigenvalue weighted by molar-refractivity contribution is 0.399. The van der Waals surface area contributed by atoms with Gasteiger partial charge >= 0.3 is 0 Å². The highest BCUT2D eigenvalue weighted by molar-refractivity contribution is 7.71. The van der Waals surface area contributed by atoms with Crippen LogP contribution in [0.3, 0.4) is 0 Å². The monoisotopic (exact) mass is 292 g/mol. The Morgan fingerprint density at radius 3 is 3.00 bits per heavy atom. The van der Waals surface area contributed by atoms with Crippen molar-refractivity contribution >= 4 is 34.7 Å². The molecule has 0 spiro atoms. The normalized spacial score (nSPS) is 11.1. The molecule has 3 rings (SSSR count). The van der Waals surface area contributed by atoms with Crippen molar-refractivity contribution in [3.63, 3.8) is 0 Å². The Hall–Kier alpha value is -1.73. The minimum atomic E-state index is 0.575. The van der Waals surface area contributed by atoms with Crippen LogP contribution in [0.15, 0.2) is 18.3 Å². The van der Waals surface area contributed by atoms with Crippen LogP contribution in [0.5, 0.6) is 5.88 Å². The summed E-state index contributed by atoms with van der Waals surface area (Å²) < 4.78 is 7.73. The van der Waals surface area contributed by atoms with E-state index in [1.807, 2.05) is 29.8 Å². The van der Waals surface area contributed by atoms with E-state index in [1.165, 1.54) is 4.88 Å². The van der Waals surface area contributed by atoms with Crippen LogP contribution < -0.4 is 4.74 Å². The van der Waals surface area contributed by atoms with Gasteiger partial charge < -0.3 is 9.72 Å². The number of rotatable bonds is 3. The number of nitrogens with one attached hydrogen (secondary N) is 1. The second-order valence-corrected chi connectivity index (χ2v) is 5.81. The number of hydrogen-bond donors (Lipinski definition) is 1. The van der Waals surface area contributed by atoms with Gasteiger partial charge in [0.25, 0.3) is 0 Å². The van der Waals surface area contributed by atoms with Gasteiger partial charge in [-0.05, 0) is 25.2 Å². The molecule has 19 heavy (non-hydrogen) atoms. The number of aryl methyl sites for hydroxylation is 1. The van der Waals surface area contributed by atoms with Gasteiger partial charge in [0.15, 0.2) is 10.4 Å². The number of methoxy groups -OCH3 is 1. The predicted molar refractivity (Wildman–Crippen MR) is 77.4 cm³/mol. The Morgan fingerprint density at radius 1 is 1.47 bits per heavy atom. The molecule has 0 aliphatic heterocycles. The van der Waals surface area contributed by atoms with Crippen molar-refractivity contribution in [3.8, 4) is 5.88 Å². The van der Waals surface area contributed by atoms with Crippen molar-refractivity contribution in [1.82, 2.24) is 19.5 Å². The number of nitrogens with zero attached hydrogens (tertiary/aromatic N) is 3. The Kier molecular flexibility index (Phi) is 3.08. The highest BCUT2D eigenvalue weighted by Gasteiger charge is 2.09. The van der Waals surface area contributed by atoms with E-state index in [1.54, 1.807) is 18.4 Å². The van der Waals surface area contributed by atoms with Crippen molar-refractivity contribution in [1.29, 1.82) is 0 Å². The first-order valence-electron chi connectivity index (χ1n) is 5.72. The molecular formula is C12H12N4OS2. The molecule has 0 fully saturated rings. The number of fused-ring (bicyclic) bond motifs is 1. The average Bonchev–Trinajstić information content (AvgIpc) is 2.94. The molecule has 3 aromatic rings. The summed E-state index contributed by atoms with van der Waals surface area (Å²) in [5.74, 6) is 0.575. The zero-order valence-electron chi connectivity index (χ0n) is 10.5.